The average molecular weight is 297 g/mol. The Kier molecular flexibility index (Phi) is 3.19. The number of halogens is 1. The number of hydrogen-bond acceptors (Lipinski definition) is 2. The van der Waals surface area contributed by atoms with E-state index in [1.165, 1.54) is 5.56 Å². The van der Waals surface area contributed by atoms with Gasteiger partial charge in [-0.1, -0.05) is 29.8 Å². The largest absolute Gasteiger partial charge is 0.380 e. The highest BCUT2D eigenvalue weighted by atomic mass is 79.9. The fourth-order valence-electron chi connectivity index (χ4n) is 1.65. The molecule has 84 valence electrons. The van der Waals surface area contributed by atoms with Gasteiger partial charge in [0.2, 0.25) is 0 Å². The standard InChI is InChI=1S/C13H13BrOS/c1-9-3-5-10(6-4-9)13(2,15)12-11(14)7-8-16-12/h3-8,15H,1-2H3. The molecule has 0 saturated heterocycles. The molecule has 1 atom stereocenters. The number of aliphatic hydroxyl groups is 1. The van der Waals surface area contributed by atoms with Gasteiger partial charge in [-0.3, -0.25) is 0 Å². The average Bonchev–Trinajstić information content (AvgIpc) is 2.66. The van der Waals surface area contributed by atoms with Gasteiger partial charge in [-0.05, 0) is 46.8 Å². The van der Waals surface area contributed by atoms with Crippen LogP contribution < -0.4 is 0 Å². The van der Waals surface area contributed by atoms with Crippen LogP contribution in [0.15, 0.2) is 40.2 Å². The summed E-state index contributed by atoms with van der Waals surface area (Å²) >= 11 is 5.02. The molecule has 16 heavy (non-hydrogen) atoms. The van der Waals surface area contributed by atoms with E-state index in [1.807, 2.05) is 49.6 Å². The molecule has 0 spiro atoms. The molecule has 0 amide bonds. The van der Waals surface area contributed by atoms with Crippen LogP contribution in [0.2, 0.25) is 0 Å². The fourth-order valence-corrected chi connectivity index (χ4v) is 3.49. The Balaban J connectivity index is 2.46. The van der Waals surface area contributed by atoms with E-state index in [0.717, 1.165) is 14.9 Å². The molecule has 1 heterocycles. The maximum absolute atomic E-state index is 10.6. The highest BCUT2D eigenvalue weighted by molar-refractivity contribution is 9.10. The lowest BCUT2D eigenvalue weighted by Crippen LogP contribution is -2.21. The molecule has 0 aliphatic rings. The SMILES string of the molecule is Cc1ccc(C(C)(O)c2sccc2Br)cc1. The van der Waals surface area contributed by atoms with Gasteiger partial charge in [0.1, 0.15) is 5.60 Å². The first-order chi connectivity index (χ1) is 7.51. The van der Waals surface area contributed by atoms with Crippen molar-refractivity contribution in [3.05, 3.63) is 56.2 Å². The topological polar surface area (TPSA) is 20.2 Å². The highest BCUT2D eigenvalue weighted by Crippen LogP contribution is 2.37. The van der Waals surface area contributed by atoms with Crippen LogP contribution in [-0.2, 0) is 5.60 Å². The van der Waals surface area contributed by atoms with Crippen molar-refractivity contribution >= 4 is 27.3 Å². The summed E-state index contributed by atoms with van der Waals surface area (Å²) < 4.78 is 0.961. The van der Waals surface area contributed by atoms with Crippen molar-refractivity contribution in [1.82, 2.24) is 0 Å². The number of rotatable bonds is 2. The molecule has 1 nitrogen and oxygen atoms in total. The molecule has 2 aromatic rings. The maximum Gasteiger partial charge on any atom is 0.122 e. The van der Waals surface area contributed by atoms with Crippen LogP contribution in [0.1, 0.15) is 22.9 Å². The third kappa shape index (κ3) is 2.08. The summed E-state index contributed by atoms with van der Waals surface area (Å²) in [5.41, 5.74) is 1.19. The van der Waals surface area contributed by atoms with Gasteiger partial charge in [0.15, 0.2) is 0 Å². The van der Waals surface area contributed by atoms with Crippen molar-refractivity contribution in [1.29, 1.82) is 0 Å². The lowest BCUT2D eigenvalue weighted by atomic mass is 9.94. The van der Waals surface area contributed by atoms with E-state index in [-0.39, 0.29) is 0 Å². The lowest BCUT2D eigenvalue weighted by Gasteiger charge is -2.23. The predicted molar refractivity (Wildman–Crippen MR) is 71.9 cm³/mol. The summed E-state index contributed by atoms with van der Waals surface area (Å²) in [6, 6.07) is 9.95. The normalized spacial score (nSPS) is 14.8. The Morgan fingerprint density at radius 2 is 1.81 bits per heavy atom. The molecule has 1 N–H and O–H groups in total. The number of benzene rings is 1. The molecule has 1 unspecified atom stereocenters. The molecular formula is C13H13BrOS. The van der Waals surface area contributed by atoms with Crippen LogP contribution in [0.3, 0.4) is 0 Å². The molecule has 0 aliphatic heterocycles. The molecule has 0 aliphatic carbocycles. The van der Waals surface area contributed by atoms with Crippen LogP contribution in [0.25, 0.3) is 0 Å². The van der Waals surface area contributed by atoms with Crippen molar-refractivity contribution in [3.8, 4) is 0 Å². The Bertz CT molecular complexity index is 485. The first-order valence-corrected chi connectivity index (χ1v) is 6.72. The highest BCUT2D eigenvalue weighted by Gasteiger charge is 2.28. The monoisotopic (exact) mass is 296 g/mol. The molecule has 0 radical (unpaired) electrons. The van der Waals surface area contributed by atoms with Crippen molar-refractivity contribution in [3.63, 3.8) is 0 Å². The van der Waals surface area contributed by atoms with Gasteiger partial charge in [-0.2, -0.15) is 0 Å². The zero-order valence-corrected chi connectivity index (χ0v) is 11.6. The number of thiophene rings is 1. The third-order valence-corrected chi connectivity index (χ3v) is 4.72. The van der Waals surface area contributed by atoms with Gasteiger partial charge in [0.05, 0.1) is 4.88 Å². The van der Waals surface area contributed by atoms with Gasteiger partial charge in [-0.15, -0.1) is 11.3 Å². The lowest BCUT2D eigenvalue weighted by molar-refractivity contribution is 0.105. The molecule has 0 bridgehead atoms. The van der Waals surface area contributed by atoms with Crippen LogP contribution >= 0.6 is 27.3 Å². The minimum Gasteiger partial charge on any atom is -0.380 e. The Morgan fingerprint density at radius 1 is 1.19 bits per heavy atom. The smallest absolute Gasteiger partial charge is 0.122 e. The van der Waals surface area contributed by atoms with Crippen LogP contribution in [0, 0.1) is 6.92 Å². The second kappa shape index (κ2) is 4.32. The van der Waals surface area contributed by atoms with E-state index in [9.17, 15) is 5.11 Å². The van der Waals surface area contributed by atoms with Gasteiger partial charge in [0.25, 0.3) is 0 Å². The zero-order valence-electron chi connectivity index (χ0n) is 9.20. The molecule has 1 aromatic carbocycles. The molecular weight excluding hydrogens is 284 g/mol. The van der Waals surface area contributed by atoms with E-state index >= 15 is 0 Å². The van der Waals surface area contributed by atoms with E-state index in [4.69, 9.17) is 0 Å². The summed E-state index contributed by atoms with van der Waals surface area (Å²) in [5.74, 6) is 0. The zero-order chi connectivity index (χ0) is 11.8. The third-order valence-electron chi connectivity index (χ3n) is 2.67. The number of hydrogen-bond donors (Lipinski definition) is 1. The molecule has 3 heteroatoms. The summed E-state index contributed by atoms with van der Waals surface area (Å²) in [7, 11) is 0. The summed E-state index contributed by atoms with van der Waals surface area (Å²) in [4.78, 5) is 0.941. The fraction of sp³-hybridized carbons (Fsp3) is 0.231. The molecule has 0 fully saturated rings. The first kappa shape index (κ1) is 11.8. The van der Waals surface area contributed by atoms with Crippen LogP contribution in [0.5, 0.6) is 0 Å². The Morgan fingerprint density at radius 3 is 2.31 bits per heavy atom. The van der Waals surface area contributed by atoms with Gasteiger partial charge < -0.3 is 5.11 Å². The first-order valence-electron chi connectivity index (χ1n) is 5.05. The van der Waals surface area contributed by atoms with E-state index in [0.29, 0.717) is 0 Å². The van der Waals surface area contributed by atoms with Crippen molar-refractivity contribution < 1.29 is 5.11 Å². The van der Waals surface area contributed by atoms with Gasteiger partial charge in [0, 0.05) is 4.47 Å². The molecule has 2 rings (SSSR count). The van der Waals surface area contributed by atoms with Gasteiger partial charge in [-0.25, -0.2) is 0 Å². The summed E-state index contributed by atoms with van der Waals surface area (Å²) in [6.45, 7) is 3.87. The minimum absolute atomic E-state index is 0.918. The minimum atomic E-state index is -0.930. The van der Waals surface area contributed by atoms with Gasteiger partial charge >= 0.3 is 0 Å². The maximum atomic E-state index is 10.6. The summed E-state index contributed by atoms with van der Waals surface area (Å²) in [6.07, 6.45) is 0. The predicted octanol–water partition coefficient (Wildman–Crippen LogP) is 4.07. The van der Waals surface area contributed by atoms with Crippen LogP contribution in [-0.4, -0.2) is 5.11 Å². The quantitative estimate of drug-likeness (QED) is 0.885. The van der Waals surface area contributed by atoms with E-state index in [2.05, 4.69) is 15.9 Å². The molecule has 1 aromatic heterocycles. The Labute approximate surface area is 108 Å². The second-order valence-corrected chi connectivity index (χ2v) is 5.81. The van der Waals surface area contributed by atoms with Crippen molar-refractivity contribution in [2.45, 2.75) is 19.4 Å². The van der Waals surface area contributed by atoms with Crippen molar-refractivity contribution in [2.75, 3.05) is 0 Å². The molecule has 0 saturated carbocycles. The summed E-state index contributed by atoms with van der Waals surface area (Å²) in [5, 5.41) is 12.6. The van der Waals surface area contributed by atoms with Crippen molar-refractivity contribution in [2.24, 2.45) is 0 Å². The number of aryl methyl sites for hydroxylation is 1. The Hall–Kier alpha value is -0.640. The van der Waals surface area contributed by atoms with E-state index in [1.54, 1.807) is 11.3 Å². The second-order valence-electron chi connectivity index (χ2n) is 4.04. The van der Waals surface area contributed by atoms with Crippen LogP contribution in [0.4, 0.5) is 0 Å². The van der Waals surface area contributed by atoms with E-state index < -0.39 is 5.60 Å².